The molecule has 84 valence electrons. The van der Waals surface area contributed by atoms with Crippen molar-refractivity contribution in [2.75, 3.05) is 31.1 Å². The first-order chi connectivity index (χ1) is 6.93. The minimum Gasteiger partial charge on any atom is -0.302 e. The minimum atomic E-state index is 1.33. The van der Waals surface area contributed by atoms with E-state index in [1.54, 1.807) is 0 Å². The Labute approximate surface area is 93.6 Å². The second-order valence-corrected chi connectivity index (χ2v) is 5.45. The topological polar surface area (TPSA) is 3.24 Å². The summed E-state index contributed by atoms with van der Waals surface area (Å²) in [5, 5.41) is 0. The molecule has 0 spiro atoms. The predicted octanol–water partition coefficient (Wildman–Crippen LogP) is 3.40. The van der Waals surface area contributed by atoms with Crippen LogP contribution in [-0.2, 0) is 0 Å². The van der Waals surface area contributed by atoms with Gasteiger partial charge in [0.25, 0.3) is 0 Å². The number of unbranched alkanes of at least 4 members (excludes halogenated alkanes) is 5. The second kappa shape index (κ2) is 8.60. The smallest absolute Gasteiger partial charge is 0.00727 e. The molecule has 0 aromatic carbocycles. The van der Waals surface area contributed by atoms with Crippen LogP contribution in [0.2, 0.25) is 0 Å². The molecule has 0 aromatic heterocycles. The molecule has 1 aliphatic rings. The van der Waals surface area contributed by atoms with Crippen LogP contribution in [0, 0.1) is 0 Å². The highest BCUT2D eigenvalue weighted by Crippen LogP contribution is 2.11. The number of nitrogens with zero attached hydrogens (tertiary/aromatic N) is 1. The van der Waals surface area contributed by atoms with E-state index in [0.717, 1.165) is 0 Å². The molecule has 0 unspecified atom stereocenters. The van der Waals surface area contributed by atoms with E-state index < -0.39 is 0 Å². The van der Waals surface area contributed by atoms with Crippen LogP contribution >= 0.6 is 11.8 Å². The van der Waals surface area contributed by atoms with Gasteiger partial charge in [-0.3, -0.25) is 0 Å². The predicted molar refractivity (Wildman–Crippen MR) is 67.1 cm³/mol. The first-order valence-electron chi connectivity index (χ1n) is 6.23. The summed E-state index contributed by atoms with van der Waals surface area (Å²) in [7, 11) is 0. The molecule has 0 aliphatic carbocycles. The molecule has 0 amide bonds. The largest absolute Gasteiger partial charge is 0.302 e. The van der Waals surface area contributed by atoms with Crippen LogP contribution in [0.1, 0.15) is 45.4 Å². The molecule has 0 N–H and O–H groups in total. The number of rotatable bonds is 7. The highest BCUT2D eigenvalue weighted by atomic mass is 32.2. The maximum absolute atomic E-state index is 2.64. The maximum Gasteiger partial charge on any atom is 0.00727 e. The van der Waals surface area contributed by atoms with Gasteiger partial charge in [-0.1, -0.05) is 39.0 Å². The van der Waals surface area contributed by atoms with E-state index >= 15 is 0 Å². The van der Waals surface area contributed by atoms with Gasteiger partial charge in [-0.2, -0.15) is 11.8 Å². The number of hydrogen-bond donors (Lipinski definition) is 0. The molecule has 0 bridgehead atoms. The molecule has 14 heavy (non-hydrogen) atoms. The molecule has 0 aromatic rings. The van der Waals surface area contributed by atoms with Crippen LogP contribution in [0.3, 0.4) is 0 Å². The molecule has 1 aliphatic heterocycles. The Morgan fingerprint density at radius 1 is 0.929 bits per heavy atom. The Balaban J connectivity index is 1.82. The van der Waals surface area contributed by atoms with Gasteiger partial charge in [0.15, 0.2) is 0 Å². The van der Waals surface area contributed by atoms with E-state index in [1.807, 2.05) is 0 Å². The molecular weight excluding hydrogens is 190 g/mol. The summed E-state index contributed by atoms with van der Waals surface area (Å²) in [5.74, 6) is 2.71. The Bertz CT molecular complexity index is 121. The first-order valence-corrected chi connectivity index (χ1v) is 7.39. The van der Waals surface area contributed by atoms with Crippen LogP contribution in [-0.4, -0.2) is 36.0 Å². The Morgan fingerprint density at radius 3 is 2.29 bits per heavy atom. The molecule has 0 saturated carbocycles. The fourth-order valence-electron chi connectivity index (χ4n) is 1.94. The van der Waals surface area contributed by atoms with Crippen molar-refractivity contribution >= 4 is 11.8 Å². The average molecular weight is 215 g/mol. The number of hydrogen-bond acceptors (Lipinski definition) is 2. The van der Waals surface area contributed by atoms with Crippen molar-refractivity contribution in [3.05, 3.63) is 0 Å². The van der Waals surface area contributed by atoms with E-state index in [-0.39, 0.29) is 0 Å². The van der Waals surface area contributed by atoms with Gasteiger partial charge in [0.1, 0.15) is 0 Å². The summed E-state index contributed by atoms with van der Waals surface area (Å²) >= 11 is 2.11. The molecule has 1 fully saturated rings. The van der Waals surface area contributed by atoms with Crippen LogP contribution in [0.5, 0.6) is 0 Å². The third-order valence-corrected chi connectivity index (χ3v) is 3.87. The molecule has 1 heterocycles. The first kappa shape index (κ1) is 12.4. The summed E-state index contributed by atoms with van der Waals surface area (Å²) in [5.41, 5.74) is 0. The van der Waals surface area contributed by atoms with Crippen molar-refractivity contribution in [3.8, 4) is 0 Å². The number of thioether (sulfide) groups is 1. The van der Waals surface area contributed by atoms with Crippen LogP contribution in [0.25, 0.3) is 0 Å². The molecule has 0 atom stereocenters. The van der Waals surface area contributed by atoms with Crippen LogP contribution in [0.4, 0.5) is 0 Å². The molecule has 2 heteroatoms. The standard InChI is InChI=1S/C12H25NS/c1-2-3-4-5-6-7-8-13-9-11-14-12-10-13/h2-12H2,1H3. The van der Waals surface area contributed by atoms with E-state index in [9.17, 15) is 0 Å². The summed E-state index contributed by atoms with van der Waals surface area (Å²) in [6.07, 6.45) is 8.57. The zero-order valence-electron chi connectivity index (χ0n) is 9.63. The zero-order chi connectivity index (χ0) is 10.1. The second-order valence-electron chi connectivity index (χ2n) is 4.22. The van der Waals surface area contributed by atoms with E-state index in [1.165, 1.54) is 69.7 Å². The van der Waals surface area contributed by atoms with Crippen LogP contribution < -0.4 is 0 Å². The van der Waals surface area contributed by atoms with E-state index in [0.29, 0.717) is 0 Å². The van der Waals surface area contributed by atoms with Crippen molar-refractivity contribution in [1.29, 1.82) is 0 Å². The lowest BCUT2D eigenvalue weighted by molar-refractivity contribution is 0.294. The lowest BCUT2D eigenvalue weighted by Gasteiger charge is -2.25. The molecular formula is C12H25NS. The lowest BCUT2D eigenvalue weighted by atomic mass is 10.1. The quantitative estimate of drug-likeness (QED) is 0.599. The minimum absolute atomic E-state index is 1.33. The molecule has 1 nitrogen and oxygen atoms in total. The fraction of sp³-hybridized carbons (Fsp3) is 1.00. The van der Waals surface area contributed by atoms with Crippen molar-refractivity contribution in [2.24, 2.45) is 0 Å². The van der Waals surface area contributed by atoms with Crippen molar-refractivity contribution in [3.63, 3.8) is 0 Å². The van der Waals surface area contributed by atoms with Crippen LogP contribution in [0.15, 0.2) is 0 Å². The van der Waals surface area contributed by atoms with E-state index in [2.05, 4.69) is 23.6 Å². The third-order valence-electron chi connectivity index (χ3n) is 2.93. The highest BCUT2D eigenvalue weighted by molar-refractivity contribution is 7.99. The summed E-state index contributed by atoms with van der Waals surface area (Å²) < 4.78 is 0. The summed E-state index contributed by atoms with van der Waals surface area (Å²) in [6, 6.07) is 0. The molecule has 0 radical (unpaired) electrons. The van der Waals surface area contributed by atoms with Crippen molar-refractivity contribution in [1.82, 2.24) is 4.90 Å². The Morgan fingerprint density at radius 2 is 1.57 bits per heavy atom. The third kappa shape index (κ3) is 5.92. The average Bonchev–Trinajstić information content (AvgIpc) is 2.25. The van der Waals surface area contributed by atoms with Gasteiger partial charge >= 0.3 is 0 Å². The van der Waals surface area contributed by atoms with Crippen molar-refractivity contribution < 1.29 is 0 Å². The summed E-state index contributed by atoms with van der Waals surface area (Å²) in [4.78, 5) is 2.64. The maximum atomic E-state index is 2.64. The monoisotopic (exact) mass is 215 g/mol. The Kier molecular flexibility index (Phi) is 7.61. The van der Waals surface area contributed by atoms with Gasteiger partial charge in [-0.25, -0.2) is 0 Å². The fourth-order valence-corrected chi connectivity index (χ4v) is 2.92. The van der Waals surface area contributed by atoms with Gasteiger partial charge in [-0.15, -0.1) is 0 Å². The Hall–Kier alpha value is 0.310. The highest BCUT2D eigenvalue weighted by Gasteiger charge is 2.08. The normalized spacial score (nSPS) is 18.6. The van der Waals surface area contributed by atoms with Gasteiger partial charge in [0.2, 0.25) is 0 Å². The van der Waals surface area contributed by atoms with Gasteiger partial charge in [0, 0.05) is 24.6 Å². The lowest BCUT2D eigenvalue weighted by Crippen LogP contribution is -2.33. The molecule has 1 saturated heterocycles. The van der Waals surface area contributed by atoms with Gasteiger partial charge in [-0.05, 0) is 13.0 Å². The van der Waals surface area contributed by atoms with Gasteiger partial charge in [0.05, 0.1) is 0 Å². The molecule has 1 rings (SSSR count). The van der Waals surface area contributed by atoms with Gasteiger partial charge < -0.3 is 4.90 Å². The zero-order valence-corrected chi connectivity index (χ0v) is 10.5. The van der Waals surface area contributed by atoms with Crippen molar-refractivity contribution in [2.45, 2.75) is 45.4 Å². The van der Waals surface area contributed by atoms with E-state index in [4.69, 9.17) is 0 Å². The SMILES string of the molecule is CCCCCCCCN1CCSCC1. The summed E-state index contributed by atoms with van der Waals surface area (Å²) in [6.45, 7) is 6.30.